The van der Waals surface area contributed by atoms with Crippen LogP contribution in [0, 0.1) is 39.8 Å². The fraction of sp³-hybridized carbons (Fsp3) is 0.103. The minimum atomic E-state index is 0. The molecule has 0 unspecified atom stereocenters. The van der Waals surface area contributed by atoms with Crippen LogP contribution >= 0.6 is 11.3 Å². The molecule has 0 atom stereocenters. The Morgan fingerprint density at radius 1 is 0.702 bits per heavy atom. The Bertz CT molecular complexity index is 2650. The number of para-hydroxylation sites is 1. The van der Waals surface area contributed by atoms with Gasteiger partial charge in [-0.2, -0.15) is 11.2 Å². The Hall–Kier alpha value is -4.84. The Balaban J connectivity index is 0.00000324. The number of hydrogen-bond donors (Lipinski definition) is 0. The Morgan fingerprint density at radius 2 is 1.47 bits per heavy atom. The van der Waals surface area contributed by atoms with Crippen LogP contribution in [0.2, 0.25) is 0 Å². The number of rotatable bonds is 4. The van der Waals surface area contributed by atoms with E-state index in [1.54, 1.807) is 11.3 Å². The van der Waals surface area contributed by atoms with Gasteiger partial charge in [0.25, 0.3) is 0 Å². The van der Waals surface area contributed by atoms with E-state index >= 15 is 0 Å². The molecule has 230 valence electrons. The van der Waals surface area contributed by atoms with Crippen LogP contribution in [0.3, 0.4) is 0 Å². The molecule has 0 aliphatic carbocycles. The van der Waals surface area contributed by atoms with Crippen molar-refractivity contribution in [3.05, 3.63) is 125 Å². The summed E-state index contributed by atoms with van der Waals surface area (Å²) in [6.07, 6.45) is 1.83. The van der Waals surface area contributed by atoms with Crippen molar-refractivity contribution in [1.82, 2.24) is 24.1 Å². The quantitative estimate of drug-likeness (QED) is 0.131. The first-order chi connectivity index (χ1) is 22.4. The van der Waals surface area contributed by atoms with Gasteiger partial charge in [0.05, 0.1) is 5.65 Å². The van der Waals surface area contributed by atoms with E-state index in [4.69, 9.17) is 14.9 Å². The van der Waals surface area contributed by atoms with Gasteiger partial charge >= 0.3 is 21.1 Å². The van der Waals surface area contributed by atoms with Crippen LogP contribution in [0.1, 0.15) is 22.3 Å². The van der Waals surface area contributed by atoms with Crippen LogP contribution in [-0.4, -0.2) is 24.1 Å². The second-order valence-corrected chi connectivity index (χ2v) is 12.8. The number of hydrogen-bond acceptors (Lipinski definition) is 5. The number of aryl methyl sites for hydroxylation is 4. The van der Waals surface area contributed by atoms with Crippen molar-refractivity contribution in [3.63, 3.8) is 0 Å². The minimum absolute atomic E-state index is 0. The van der Waals surface area contributed by atoms with E-state index in [0.717, 1.165) is 65.6 Å². The average Bonchev–Trinajstić information content (AvgIpc) is 3.79. The molecular formula is C39H27N5OPtS. The van der Waals surface area contributed by atoms with Gasteiger partial charge in [0.15, 0.2) is 11.0 Å². The molecular weight excluding hydrogens is 782 g/mol. The second-order valence-electron chi connectivity index (χ2n) is 11.9. The Morgan fingerprint density at radius 3 is 2.26 bits per heavy atom. The first-order valence-corrected chi connectivity index (χ1v) is 16.1. The molecule has 0 saturated heterocycles. The molecule has 9 rings (SSSR count). The summed E-state index contributed by atoms with van der Waals surface area (Å²) < 4.78 is 10.8. The summed E-state index contributed by atoms with van der Waals surface area (Å²) in [5.74, 6) is 2.01. The predicted molar refractivity (Wildman–Crippen MR) is 187 cm³/mol. The molecule has 47 heavy (non-hydrogen) atoms. The van der Waals surface area contributed by atoms with Gasteiger partial charge in [-0.15, -0.1) is 46.1 Å². The van der Waals surface area contributed by atoms with Crippen molar-refractivity contribution in [1.29, 1.82) is 0 Å². The number of ether oxygens (including phenoxy) is 1. The van der Waals surface area contributed by atoms with E-state index in [1.165, 1.54) is 22.3 Å². The summed E-state index contributed by atoms with van der Waals surface area (Å²) in [5.41, 5.74) is 9.68. The number of benzene rings is 5. The van der Waals surface area contributed by atoms with Crippen LogP contribution in [0.15, 0.2) is 90.4 Å². The number of pyridine rings is 1. The zero-order valence-electron chi connectivity index (χ0n) is 26.0. The van der Waals surface area contributed by atoms with Gasteiger partial charge < -0.3 is 13.7 Å². The maximum atomic E-state index is 6.49. The maximum absolute atomic E-state index is 6.49. The normalized spacial score (nSPS) is 11.7. The van der Waals surface area contributed by atoms with Crippen molar-refractivity contribution in [3.8, 4) is 28.0 Å². The number of fused-ring (bicyclic) bond motifs is 9. The van der Waals surface area contributed by atoms with Crippen molar-refractivity contribution in [2.24, 2.45) is 0 Å². The van der Waals surface area contributed by atoms with Crippen LogP contribution in [-0.2, 0) is 21.1 Å². The molecule has 8 heteroatoms. The monoisotopic (exact) mass is 808 g/mol. The molecule has 0 radical (unpaired) electrons. The molecule has 0 amide bonds. The molecule has 0 N–H and O–H groups in total. The first-order valence-electron chi connectivity index (χ1n) is 15.2. The topological polar surface area (TPSA) is 57.2 Å². The van der Waals surface area contributed by atoms with Gasteiger partial charge in [0, 0.05) is 39.7 Å². The van der Waals surface area contributed by atoms with Crippen molar-refractivity contribution in [2.75, 3.05) is 0 Å². The molecule has 0 aliphatic heterocycles. The van der Waals surface area contributed by atoms with Crippen molar-refractivity contribution >= 4 is 60.5 Å². The molecule has 5 aromatic carbocycles. The van der Waals surface area contributed by atoms with Gasteiger partial charge in [0.1, 0.15) is 0 Å². The Labute approximate surface area is 289 Å². The molecule has 0 bridgehead atoms. The van der Waals surface area contributed by atoms with Crippen LogP contribution in [0.5, 0.6) is 11.5 Å². The SMILES string of the molecule is Cc1cc(C)c(-c2nnc3c4[c-]c(Oc5[c-]c6c(cc5)c5ccccc5n6-c5nccs5)ccc4c4cc(C)ccc4n23)c(C)c1.[Pt+2]. The third kappa shape index (κ3) is 4.60. The molecule has 4 heterocycles. The standard InChI is InChI=1S/C39H27N5OS.Pt/c1-22-9-14-34-31(19-22)28-12-10-26(20-32(28)37-41-42-38(44(34)37)36-24(3)17-23(2)18-25(36)4)45-27-11-13-30-29-7-5-6-8-33(29)43(35(30)21-27)39-40-15-16-46-39;/h5-19H,1-4H3;/q-2;+2. The van der Waals surface area contributed by atoms with E-state index in [9.17, 15) is 0 Å². The zero-order chi connectivity index (χ0) is 31.1. The van der Waals surface area contributed by atoms with Gasteiger partial charge in [0.2, 0.25) is 0 Å². The summed E-state index contributed by atoms with van der Waals surface area (Å²) in [6, 6.07) is 34.6. The van der Waals surface area contributed by atoms with Crippen LogP contribution < -0.4 is 4.74 Å². The van der Waals surface area contributed by atoms with E-state index in [-0.39, 0.29) is 21.1 Å². The third-order valence-corrected chi connectivity index (χ3v) is 9.53. The summed E-state index contributed by atoms with van der Waals surface area (Å²) >= 11 is 1.60. The second kappa shape index (κ2) is 11.1. The first kappa shape index (κ1) is 29.6. The third-order valence-electron chi connectivity index (χ3n) is 8.78. The summed E-state index contributed by atoms with van der Waals surface area (Å²) in [5, 5.41) is 17.7. The van der Waals surface area contributed by atoms with E-state index < -0.39 is 0 Å². The smallest absolute Gasteiger partial charge is 0.503 e. The van der Waals surface area contributed by atoms with Crippen molar-refractivity contribution in [2.45, 2.75) is 27.7 Å². The van der Waals surface area contributed by atoms with Gasteiger partial charge in [-0.05, 0) is 61.7 Å². The average molecular weight is 809 g/mol. The fourth-order valence-corrected chi connectivity index (χ4v) is 7.60. The molecule has 6 nitrogen and oxygen atoms in total. The summed E-state index contributed by atoms with van der Waals surface area (Å²) in [4.78, 5) is 4.60. The molecule has 0 aliphatic rings. The molecule has 9 aromatic rings. The molecule has 4 aromatic heterocycles. The minimum Gasteiger partial charge on any atom is -0.503 e. The molecule has 0 fully saturated rings. The van der Waals surface area contributed by atoms with Crippen LogP contribution in [0.4, 0.5) is 0 Å². The van der Waals surface area contributed by atoms with Crippen molar-refractivity contribution < 1.29 is 25.8 Å². The van der Waals surface area contributed by atoms with Gasteiger partial charge in [-0.1, -0.05) is 75.9 Å². The fourth-order valence-electron chi connectivity index (χ4n) is 6.94. The number of thiazole rings is 1. The van der Waals surface area contributed by atoms with Gasteiger partial charge in [-0.25, -0.2) is 4.98 Å². The van der Waals surface area contributed by atoms with Gasteiger partial charge in [-0.3, -0.25) is 0 Å². The zero-order valence-corrected chi connectivity index (χ0v) is 29.1. The summed E-state index contributed by atoms with van der Waals surface area (Å²) in [6.45, 7) is 8.53. The summed E-state index contributed by atoms with van der Waals surface area (Å²) in [7, 11) is 0. The largest absolute Gasteiger partial charge is 2.00 e. The van der Waals surface area contributed by atoms with E-state index in [1.807, 2.05) is 23.7 Å². The maximum Gasteiger partial charge on any atom is 2.00 e. The molecule has 0 spiro atoms. The van der Waals surface area contributed by atoms with Crippen LogP contribution in [0.25, 0.3) is 65.6 Å². The number of aromatic nitrogens is 5. The molecule has 0 saturated carbocycles. The predicted octanol–water partition coefficient (Wildman–Crippen LogP) is 9.88. The number of nitrogens with zero attached hydrogens (tertiary/aromatic N) is 5. The van der Waals surface area contributed by atoms with E-state index in [2.05, 4.69) is 121 Å². The van der Waals surface area contributed by atoms with E-state index in [0.29, 0.717) is 11.5 Å². The Kier molecular flexibility index (Phi) is 7.01.